The topological polar surface area (TPSA) is 88.1 Å². The third-order valence-electron chi connectivity index (χ3n) is 4.64. The summed E-state index contributed by atoms with van der Waals surface area (Å²) in [6.45, 7) is 16.7. The van der Waals surface area contributed by atoms with E-state index in [1.54, 1.807) is 20.8 Å². The van der Waals surface area contributed by atoms with Gasteiger partial charge in [0.2, 0.25) is 0 Å². The molecule has 1 aliphatic heterocycles. The molecule has 0 spiro atoms. The lowest BCUT2D eigenvalue weighted by Gasteiger charge is -2.44. The molecule has 7 nitrogen and oxygen atoms in total. The number of amides is 2. The second kappa shape index (κ2) is 7.24. The van der Waals surface area contributed by atoms with Gasteiger partial charge in [-0.25, -0.2) is 4.79 Å². The van der Waals surface area contributed by atoms with Crippen molar-refractivity contribution in [1.82, 2.24) is 10.2 Å². The summed E-state index contributed by atoms with van der Waals surface area (Å²) in [6.07, 6.45) is -0.522. The Morgan fingerprint density at radius 2 is 1.68 bits per heavy atom. The number of β-amino-alcohol motifs (C(OH)–C–C–N with tert-alkyl or cyclic N) is 1. The molecule has 0 aromatic rings. The Hall–Kier alpha value is -1.12. The Bertz CT molecular complexity index is 502. The SMILES string of the molecule is CC(C)(C)OC(=O)N1CC(O)(C(=O)NCCO[Si](C)(C)C(C)(C)C)C1. The number of carbonyl (C=O) groups is 2. The van der Waals surface area contributed by atoms with Crippen LogP contribution >= 0.6 is 0 Å². The van der Waals surface area contributed by atoms with Gasteiger partial charge in [0.15, 0.2) is 13.9 Å². The van der Waals surface area contributed by atoms with Gasteiger partial charge in [-0.3, -0.25) is 4.79 Å². The van der Waals surface area contributed by atoms with Crippen LogP contribution in [0.1, 0.15) is 41.5 Å². The van der Waals surface area contributed by atoms with Gasteiger partial charge in [0.1, 0.15) is 5.60 Å². The van der Waals surface area contributed by atoms with E-state index >= 15 is 0 Å². The van der Waals surface area contributed by atoms with E-state index in [1.807, 2.05) is 0 Å². The van der Waals surface area contributed by atoms with Crippen LogP contribution in [0.25, 0.3) is 0 Å². The molecule has 0 bridgehead atoms. The van der Waals surface area contributed by atoms with Crippen molar-refractivity contribution in [2.75, 3.05) is 26.2 Å². The molecule has 0 aromatic heterocycles. The summed E-state index contributed by atoms with van der Waals surface area (Å²) in [5, 5.41) is 13.1. The zero-order valence-electron chi connectivity index (χ0n) is 16.9. The number of likely N-dealkylation sites (tertiary alicyclic amines) is 1. The first-order valence-corrected chi connectivity index (χ1v) is 11.6. The van der Waals surface area contributed by atoms with E-state index < -0.39 is 31.5 Å². The molecule has 0 radical (unpaired) electrons. The van der Waals surface area contributed by atoms with Gasteiger partial charge in [0, 0.05) is 6.54 Å². The number of carbonyl (C=O) groups excluding carboxylic acids is 2. The molecule has 0 saturated carbocycles. The molecule has 8 heteroatoms. The second-order valence-corrected chi connectivity index (χ2v) is 14.0. The van der Waals surface area contributed by atoms with Crippen molar-refractivity contribution in [3.8, 4) is 0 Å². The van der Waals surface area contributed by atoms with E-state index in [4.69, 9.17) is 9.16 Å². The number of rotatable bonds is 5. The highest BCUT2D eigenvalue weighted by molar-refractivity contribution is 6.74. The summed E-state index contributed by atoms with van der Waals surface area (Å²) < 4.78 is 11.2. The van der Waals surface area contributed by atoms with Gasteiger partial charge < -0.3 is 24.5 Å². The molecule has 146 valence electrons. The first-order chi connectivity index (χ1) is 11.1. The second-order valence-electron chi connectivity index (χ2n) is 9.23. The van der Waals surface area contributed by atoms with Gasteiger partial charge >= 0.3 is 6.09 Å². The Morgan fingerprint density at radius 3 is 2.12 bits per heavy atom. The highest BCUT2D eigenvalue weighted by atomic mass is 28.4. The van der Waals surface area contributed by atoms with E-state index in [1.165, 1.54) is 4.90 Å². The summed E-state index contributed by atoms with van der Waals surface area (Å²) in [5.74, 6) is -0.480. The molecule has 1 saturated heterocycles. The molecular formula is C17H34N2O5Si. The fraction of sp³-hybridized carbons (Fsp3) is 0.882. The minimum absolute atomic E-state index is 0.0587. The maximum absolute atomic E-state index is 12.1. The number of hydrogen-bond donors (Lipinski definition) is 2. The van der Waals surface area contributed by atoms with Gasteiger partial charge in [0.05, 0.1) is 19.7 Å². The number of hydrogen-bond acceptors (Lipinski definition) is 5. The van der Waals surface area contributed by atoms with E-state index in [0.717, 1.165) is 0 Å². The van der Waals surface area contributed by atoms with Crippen molar-refractivity contribution >= 4 is 20.3 Å². The smallest absolute Gasteiger partial charge is 0.410 e. The average Bonchev–Trinajstić information content (AvgIpc) is 2.36. The van der Waals surface area contributed by atoms with E-state index in [2.05, 4.69) is 39.2 Å². The quantitative estimate of drug-likeness (QED) is 0.568. The predicted octanol–water partition coefficient (Wildman–Crippen LogP) is 2.11. The largest absolute Gasteiger partial charge is 0.444 e. The number of nitrogens with zero attached hydrogens (tertiary/aromatic N) is 1. The van der Waals surface area contributed by atoms with E-state index in [0.29, 0.717) is 13.2 Å². The lowest BCUT2D eigenvalue weighted by atomic mass is 9.93. The monoisotopic (exact) mass is 374 g/mol. The lowest BCUT2D eigenvalue weighted by molar-refractivity contribution is -0.157. The van der Waals surface area contributed by atoms with Crippen LogP contribution in [-0.4, -0.2) is 67.8 Å². The van der Waals surface area contributed by atoms with E-state index in [-0.39, 0.29) is 18.1 Å². The number of nitrogens with one attached hydrogen (secondary N) is 1. The van der Waals surface area contributed by atoms with Crippen molar-refractivity contribution in [2.45, 2.75) is 70.9 Å². The minimum atomic E-state index is -1.85. The van der Waals surface area contributed by atoms with Crippen molar-refractivity contribution in [2.24, 2.45) is 0 Å². The van der Waals surface area contributed by atoms with Crippen LogP contribution in [-0.2, 0) is 14.0 Å². The first-order valence-electron chi connectivity index (χ1n) is 8.70. The Kier molecular flexibility index (Phi) is 6.35. The third-order valence-corrected chi connectivity index (χ3v) is 9.17. The fourth-order valence-electron chi connectivity index (χ4n) is 2.04. The van der Waals surface area contributed by atoms with Crippen LogP contribution in [0, 0.1) is 0 Å². The molecule has 25 heavy (non-hydrogen) atoms. The summed E-state index contributed by atoms with van der Waals surface area (Å²) >= 11 is 0. The highest BCUT2D eigenvalue weighted by Gasteiger charge is 2.50. The van der Waals surface area contributed by atoms with E-state index in [9.17, 15) is 14.7 Å². The molecule has 0 aromatic carbocycles. The molecule has 1 aliphatic rings. The van der Waals surface area contributed by atoms with Gasteiger partial charge in [-0.15, -0.1) is 0 Å². The Labute approximate surface area is 152 Å². The summed E-state index contributed by atoms with van der Waals surface area (Å²) in [4.78, 5) is 25.3. The summed E-state index contributed by atoms with van der Waals surface area (Å²) in [6, 6.07) is 0. The molecule has 1 fully saturated rings. The minimum Gasteiger partial charge on any atom is -0.444 e. The van der Waals surface area contributed by atoms with Crippen LogP contribution in [0.5, 0.6) is 0 Å². The maximum Gasteiger partial charge on any atom is 0.410 e. The predicted molar refractivity (Wildman–Crippen MR) is 98.9 cm³/mol. The van der Waals surface area contributed by atoms with Crippen LogP contribution in [0.15, 0.2) is 0 Å². The highest BCUT2D eigenvalue weighted by Crippen LogP contribution is 2.36. The van der Waals surface area contributed by atoms with Gasteiger partial charge in [0.25, 0.3) is 5.91 Å². The Balaban J connectivity index is 2.36. The van der Waals surface area contributed by atoms with Crippen LogP contribution in [0.2, 0.25) is 18.1 Å². The summed E-state index contributed by atoms with van der Waals surface area (Å²) in [7, 11) is -1.85. The molecule has 2 amide bonds. The molecular weight excluding hydrogens is 340 g/mol. The average molecular weight is 375 g/mol. The van der Waals surface area contributed by atoms with Crippen LogP contribution in [0.3, 0.4) is 0 Å². The van der Waals surface area contributed by atoms with Crippen molar-refractivity contribution < 1.29 is 23.9 Å². The normalized spacial score (nSPS) is 17.7. The van der Waals surface area contributed by atoms with Crippen LogP contribution < -0.4 is 5.32 Å². The van der Waals surface area contributed by atoms with Crippen molar-refractivity contribution in [1.29, 1.82) is 0 Å². The summed E-state index contributed by atoms with van der Waals surface area (Å²) in [5.41, 5.74) is -2.15. The van der Waals surface area contributed by atoms with Gasteiger partial charge in [-0.2, -0.15) is 0 Å². The van der Waals surface area contributed by atoms with Crippen molar-refractivity contribution in [3.05, 3.63) is 0 Å². The molecule has 0 aliphatic carbocycles. The number of ether oxygens (including phenoxy) is 1. The van der Waals surface area contributed by atoms with Gasteiger partial charge in [-0.05, 0) is 38.9 Å². The molecule has 0 atom stereocenters. The Morgan fingerprint density at radius 1 is 1.16 bits per heavy atom. The maximum atomic E-state index is 12.1. The molecule has 0 unspecified atom stereocenters. The first kappa shape index (κ1) is 21.9. The van der Waals surface area contributed by atoms with Gasteiger partial charge in [-0.1, -0.05) is 20.8 Å². The molecule has 2 N–H and O–H groups in total. The van der Waals surface area contributed by atoms with Crippen LogP contribution in [0.4, 0.5) is 4.79 Å². The zero-order valence-corrected chi connectivity index (χ0v) is 17.9. The molecule has 1 heterocycles. The standard InChI is InChI=1S/C17H34N2O5Si/c1-15(2,3)24-14(21)19-11-17(22,12-19)13(20)18-9-10-23-25(7,8)16(4,5)6/h22H,9-12H2,1-8H3,(H,18,20). The third kappa shape index (κ3) is 5.97. The van der Waals surface area contributed by atoms with Crippen molar-refractivity contribution in [3.63, 3.8) is 0 Å². The lowest BCUT2D eigenvalue weighted by Crippen LogP contribution is -2.70. The zero-order chi connectivity index (χ0) is 19.7. The molecule has 1 rings (SSSR count). The fourth-order valence-corrected chi connectivity index (χ4v) is 3.08. The number of aliphatic hydroxyl groups is 1.